The Kier molecular flexibility index (Phi) is 7.95. The molecule has 184 valence electrons. The number of carbonyl (C=O) groups excluding carboxylic acids is 1. The fourth-order valence-corrected chi connectivity index (χ4v) is 5.22. The summed E-state index contributed by atoms with van der Waals surface area (Å²) in [5, 5.41) is 10.6. The molecule has 0 saturated carbocycles. The predicted molar refractivity (Wildman–Crippen MR) is 132 cm³/mol. The van der Waals surface area contributed by atoms with Gasteiger partial charge in [0.2, 0.25) is 5.91 Å². The summed E-state index contributed by atoms with van der Waals surface area (Å²) in [6.07, 6.45) is 5.23. The number of fused-ring (bicyclic) bond motifs is 1. The van der Waals surface area contributed by atoms with Gasteiger partial charge in [-0.2, -0.15) is 0 Å². The van der Waals surface area contributed by atoms with Gasteiger partial charge in [-0.1, -0.05) is 57.4 Å². The number of likely N-dealkylation sites (tertiary alicyclic amines) is 1. The summed E-state index contributed by atoms with van der Waals surface area (Å²) in [5.41, 5.74) is 8.32. The van der Waals surface area contributed by atoms with Gasteiger partial charge >= 0.3 is 0 Å². The van der Waals surface area contributed by atoms with Gasteiger partial charge in [-0.25, -0.2) is 10.9 Å². The fourth-order valence-electron chi connectivity index (χ4n) is 5.22. The summed E-state index contributed by atoms with van der Waals surface area (Å²) in [6.45, 7) is 5.65. The van der Waals surface area contributed by atoms with Gasteiger partial charge in [-0.05, 0) is 36.6 Å². The number of hydrazine groups is 1. The molecule has 4 unspecified atom stereocenters. The SMILES string of the molecule is CCCCCOc1ccc(C2C3C(NNC3c3ccccc3O)C(=O)N2CCCC)cc1OC. The highest BCUT2D eigenvalue weighted by atomic mass is 16.5. The van der Waals surface area contributed by atoms with E-state index in [0.29, 0.717) is 18.9 Å². The van der Waals surface area contributed by atoms with Crippen LogP contribution in [0.1, 0.15) is 69.2 Å². The van der Waals surface area contributed by atoms with Gasteiger partial charge in [0, 0.05) is 18.0 Å². The number of aromatic hydroxyl groups is 1. The molecule has 0 aliphatic carbocycles. The molecule has 1 amide bonds. The van der Waals surface area contributed by atoms with Crippen LogP contribution in [0.5, 0.6) is 17.2 Å². The van der Waals surface area contributed by atoms with E-state index in [1.807, 2.05) is 35.2 Å². The zero-order valence-corrected chi connectivity index (χ0v) is 20.4. The zero-order chi connectivity index (χ0) is 24.1. The number of nitrogens with zero attached hydrogens (tertiary/aromatic N) is 1. The Balaban J connectivity index is 1.68. The van der Waals surface area contributed by atoms with Gasteiger partial charge in [0.05, 0.1) is 25.8 Å². The van der Waals surface area contributed by atoms with Gasteiger partial charge in [0.1, 0.15) is 11.8 Å². The number of hydrogen-bond donors (Lipinski definition) is 3. The summed E-state index contributed by atoms with van der Waals surface area (Å²) in [7, 11) is 1.65. The van der Waals surface area contributed by atoms with Gasteiger partial charge in [0.25, 0.3) is 0 Å². The molecule has 2 aromatic carbocycles. The van der Waals surface area contributed by atoms with E-state index in [4.69, 9.17) is 9.47 Å². The lowest BCUT2D eigenvalue weighted by Crippen LogP contribution is -2.41. The molecule has 4 atom stereocenters. The first-order valence-corrected chi connectivity index (χ1v) is 12.5. The third kappa shape index (κ3) is 4.72. The largest absolute Gasteiger partial charge is 0.508 e. The summed E-state index contributed by atoms with van der Waals surface area (Å²) in [6, 6.07) is 12.6. The van der Waals surface area contributed by atoms with E-state index in [-0.39, 0.29) is 35.7 Å². The van der Waals surface area contributed by atoms with Crippen LogP contribution in [0.4, 0.5) is 0 Å². The number of rotatable bonds is 11. The Bertz CT molecular complexity index is 982. The Morgan fingerprint density at radius 2 is 1.74 bits per heavy atom. The number of hydrogen-bond acceptors (Lipinski definition) is 6. The van der Waals surface area contributed by atoms with E-state index in [1.54, 1.807) is 13.2 Å². The van der Waals surface area contributed by atoms with Crippen molar-refractivity contribution in [3.05, 3.63) is 53.6 Å². The smallest absolute Gasteiger partial charge is 0.242 e. The maximum absolute atomic E-state index is 13.5. The lowest BCUT2D eigenvalue weighted by Gasteiger charge is -2.32. The summed E-state index contributed by atoms with van der Waals surface area (Å²) >= 11 is 0. The lowest BCUT2D eigenvalue weighted by atomic mass is 9.83. The van der Waals surface area contributed by atoms with Crippen LogP contribution in [0, 0.1) is 5.92 Å². The number of unbranched alkanes of at least 4 members (excludes halogenated alkanes) is 3. The lowest BCUT2D eigenvalue weighted by molar-refractivity contribution is -0.130. The number of ether oxygens (including phenoxy) is 2. The van der Waals surface area contributed by atoms with Crippen LogP contribution in [-0.2, 0) is 4.79 Å². The van der Waals surface area contributed by atoms with Crippen molar-refractivity contribution in [2.24, 2.45) is 5.92 Å². The summed E-state index contributed by atoms with van der Waals surface area (Å²) < 4.78 is 11.7. The number of amides is 1. The monoisotopic (exact) mass is 467 g/mol. The van der Waals surface area contributed by atoms with Crippen molar-refractivity contribution in [3.8, 4) is 17.2 Å². The van der Waals surface area contributed by atoms with Crippen molar-refractivity contribution in [1.29, 1.82) is 0 Å². The predicted octanol–water partition coefficient (Wildman–Crippen LogP) is 4.49. The molecule has 0 spiro atoms. The third-order valence-electron chi connectivity index (χ3n) is 6.97. The Morgan fingerprint density at radius 1 is 0.971 bits per heavy atom. The molecule has 2 aliphatic heterocycles. The molecule has 3 N–H and O–H groups in total. The molecular weight excluding hydrogens is 430 g/mol. The van der Waals surface area contributed by atoms with Crippen LogP contribution in [0.15, 0.2) is 42.5 Å². The number of methoxy groups -OCH3 is 1. The van der Waals surface area contributed by atoms with Gasteiger partial charge in [0.15, 0.2) is 11.5 Å². The second kappa shape index (κ2) is 11.1. The van der Waals surface area contributed by atoms with E-state index in [9.17, 15) is 9.90 Å². The highest BCUT2D eigenvalue weighted by Crippen LogP contribution is 2.49. The van der Waals surface area contributed by atoms with Crippen molar-refractivity contribution in [1.82, 2.24) is 15.8 Å². The number of nitrogens with one attached hydrogen (secondary N) is 2. The molecule has 0 bridgehead atoms. The molecule has 2 fully saturated rings. The average molecular weight is 468 g/mol. The maximum Gasteiger partial charge on any atom is 0.242 e. The highest BCUT2D eigenvalue weighted by Gasteiger charge is 2.55. The number of para-hydroxylation sites is 1. The quantitative estimate of drug-likeness (QED) is 0.423. The van der Waals surface area contributed by atoms with Crippen molar-refractivity contribution >= 4 is 5.91 Å². The Labute approximate surface area is 202 Å². The van der Waals surface area contributed by atoms with Crippen molar-refractivity contribution in [3.63, 3.8) is 0 Å². The second-order valence-corrected chi connectivity index (χ2v) is 9.18. The minimum atomic E-state index is -0.359. The van der Waals surface area contributed by atoms with Gasteiger partial charge in [-0.3, -0.25) is 4.79 Å². The Morgan fingerprint density at radius 3 is 2.47 bits per heavy atom. The molecular formula is C27H37N3O4. The molecule has 2 aliphatic rings. The number of phenolic OH excluding ortho intramolecular Hbond substituents is 1. The van der Waals surface area contributed by atoms with E-state index in [0.717, 1.165) is 49.0 Å². The van der Waals surface area contributed by atoms with Crippen LogP contribution < -0.4 is 20.3 Å². The second-order valence-electron chi connectivity index (χ2n) is 9.18. The summed E-state index contributed by atoms with van der Waals surface area (Å²) in [4.78, 5) is 15.5. The van der Waals surface area contributed by atoms with Crippen LogP contribution in [-0.4, -0.2) is 42.2 Å². The maximum atomic E-state index is 13.5. The Hall–Kier alpha value is -2.77. The first-order chi connectivity index (χ1) is 16.6. The molecule has 34 heavy (non-hydrogen) atoms. The molecule has 7 nitrogen and oxygen atoms in total. The molecule has 7 heteroatoms. The first kappa shape index (κ1) is 24.4. The number of phenols is 1. The third-order valence-corrected chi connectivity index (χ3v) is 6.97. The molecule has 2 aromatic rings. The van der Waals surface area contributed by atoms with Crippen LogP contribution in [0.2, 0.25) is 0 Å². The topological polar surface area (TPSA) is 83.1 Å². The first-order valence-electron chi connectivity index (χ1n) is 12.5. The minimum absolute atomic E-state index is 0.0846. The highest BCUT2D eigenvalue weighted by molar-refractivity contribution is 5.86. The number of benzene rings is 2. The van der Waals surface area contributed by atoms with Crippen molar-refractivity contribution in [2.45, 2.75) is 64.1 Å². The normalized spacial score (nSPS) is 23.9. The average Bonchev–Trinajstić information content (AvgIpc) is 3.39. The minimum Gasteiger partial charge on any atom is -0.508 e. The van der Waals surface area contributed by atoms with Crippen LogP contribution in [0.25, 0.3) is 0 Å². The van der Waals surface area contributed by atoms with E-state index < -0.39 is 0 Å². The van der Waals surface area contributed by atoms with Gasteiger partial charge < -0.3 is 19.5 Å². The standard InChI is InChI=1S/C27H37N3O4/c1-4-6-10-16-34-21-14-13-18(17-22(21)33-3)26-23-24(19-11-8-9-12-20(19)31)28-29-25(23)27(32)30(26)15-7-5-2/h8-9,11-14,17,23-26,28-29,31H,4-7,10,15-16H2,1-3H3. The number of carbonyl (C=O) groups is 1. The zero-order valence-electron chi connectivity index (χ0n) is 20.4. The van der Waals surface area contributed by atoms with E-state index >= 15 is 0 Å². The van der Waals surface area contributed by atoms with Gasteiger partial charge in [-0.15, -0.1) is 0 Å². The van der Waals surface area contributed by atoms with E-state index in [2.05, 4.69) is 30.8 Å². The molecule has 0 aromatic heterocycles. The molecule has 2 heterocycles. The molecule has 0 radical (unpaired) electrons. The van der Waals surface area contributed by atoms with Crippen LogP contribution >= 0.6 is 0 Å². The molecule has 2 saturated heterocycles. The van der Waals surface area contributed by atoms with Crippen molar-refractivity contribution in [2.75, 3.05) is 20.3 Å². The molecule has 4 rings (SSSR count). The fraction of sp³-hybridized carbons (Fsp3) is 0.519. The summed E-state index contributed by atoms with van der Waals surface area (Å²) in [5.74, 6) is 1.64. The van der Waals surface area contributed by atoms with Crippen molar-refractivity contribution < 1.29 is 19.4 Å². The van der Waals surface area contributed by atoms with Crippen LogP contribution in [0.3, 0.4) is 0 Å². The van der Waals surface area contributed by atoms with E-state index in [1.165, 1.54) is 0 Å².